The van der Waals surface area contributed by atoms with Gasteiger partial charge in [-0.05, 0) is 26.7 Å². The van der Waals surface area contributed by atoms with E-state index in [1.807, 2.05) is 0 Å². The molecule has 0 spiro atoms. The molecule has 206 valence electrons. The molecule has 0 heterocycles. The summed E-state index contributed by atoms with van der Waals surface area (Å²) in [6, 6.07) is 0. The van der Waals surface area contributed by atoms with Crippen molar-refractivity contribution in [2.45, 2.75) is 111 Å². The van der Waals surface area contributed by atoms with Gasteiger partial charge in [0.05, 0.1) is 13.6 Å². The first-order chi connectivity index (χ1) is 16.2. The third-order valence-corrected chi connectivity index (χ3v) is 6.48. The van der Waals surface area contributed by atoms with Gasteiger partial charge in [0.1, 0.15) is 26.3 Å². The molecule has 0 aliphatic heterocycles. The largest absolute Gasteiger partial charge is 1.00 e. The van der Waals surface area contributed by atoms with Crippen LogP contribution >= 0.6 is 0 Å². The van der Waals surface area contributed by atoms with Gasteiger partial charge >= 0.3 is 11.9 Å². The van der Waals surface area contributed by atoms with E-state index >= 15 is 0 Å². The lowest BCUT2D eigenvalue weighted by atomic mass is 10.0. The molecule has 0 saturated carbocycles. The normalized spacial score (nSPS) is 11.0. The highest BCUT2D eigenvalue weighted by molar-refractivity contribution is 5.87. The monoisotopic (exact) mass is 515 g/mol. The molecule has 0 unspecified atom stereocenters. The van der Waals surface area contributed by atoms with Gasteiger partial charge < -0.3 is 26.4 Å². The van der Waals surface area contributed by atoms with Crippen LogP contribution in [0.3, 0.4) is 0 Å². The molecule has 5 nitrogen and oxygen atoms in total. The Kier molecular flexibility index (Phi) is 23.6. The average molecular weight is 516 g/mol. The molecule has 0 saturated heterocycles. The molecule has 35 heavy (non-hydrogen) atoms. The molecule has 0 aromatic rings. The molecule has 0 amide bonds. The fourth-order valence-electron chi connectivity index (χ4n) is 3.99. The standard InChI is InChI=1S/C29H54NO4.ClH/c1-7-8-9-10-11-12-13-14-15-16-17-18-19-20-21-30(6,22-24-33-28(31)26(2)3)23-25-34-29(32)27(4)5;/h2,4,7-25H2,1,3,5-6H3;1H/q+1;/p-1. The number of unbranched alkanes of at least 4 members (excludes halogenated alkanes) is 13. The lowest BCUT2D eigenvalue weighted by Gasteiger charge is -2.34. The predicted molar refractivity (Wildman–Crippen MR) is 143 cm³/mol. The van der Waals surface area contributed by atoms with Crippen LogP contribution in [0.5, 0.6) is 0 Å². The number of ether oxygens (including phenoxy) is 2. The molecule has 0 aliphatic rings. The number of nitrogens with zero attached hydrogens (tertiary/aromatic N) is 1. The quantitative estimate of drug-likeness (QED) is 0.0887. The van der Waals surface area contributed by atoms with Crippen LogP contribution in [0.25, 0.3) is 0 Å². The van der Waals surface area contributed by atoms with Crippen molar-refractivity contribution in [3.8, 4) is 0 Å². The zero-order valence-corrected chi connectivity index (χ0v) is 24.1. The molecule has 0 bridgehead atoms. The van der Waals surface area contributed by atoms with Crippen molar-refractivity contribution in [1.29, 1.82) is 0 Å². The van der Waals surface area contributed by atoms with E-state index in [1.54, 1.807) is 13.8 Å². The molecule has 0 radical (unpaired) electrons. The van der Waals surface area contributed by atoms with Gasteiger partial charge in [-0.1, -0.05) is 97.1 Å². The lowest BCUT2D eigenvalue weighted by molar-refractivity contribution is -0.910. The number of rotatable bonds is 23. The van der Waals surface area contributed by atoms with Gasteiger partial charge in [-0.25, -0.2) is 9.59 Å². The number of quaternary nitrogens is 1. The topological polar surface area (TPSA) is 52.6 Å². The number of hydrogen-bond donors (Lipinski definition) is 0. The Labute approximate surface area is 222 Å². The van der Waals surface area contributed by atoms with Crippen molar-refractivity contribution in [3.05, 3.63) is 24.3 Å². The van der Waals surface area contributed by atoms with Gasteiger partial charge in [0.15, 0.2) is 0 Å². The van der Waals surface area contributed by atoms with E-state index in [2.05, 4.69) is 27.1 Å². The van der Waals surface area contributed by atoms with E-state index < -0.39 is 0 Å². The minimum Gasteiger partial charge on any atom is -1.00 e. The Hall–Kier alpha value is -1.33. The molecule has 0 aromatic heterocycles. The van der Waals surface area contributed by atoms with Crippen LogP contribution in [0.4, 0.5) is 0 Å². The van der Waals surface area contributed by atoms with Crippen molar-refractivity contribution < 1.29 is 36.0 Å². The van der Waals surface area contributed by atoms with Crippen molar-refractivity contribution >= 4 is 11.9 Å². The second-order valence-corrected chi connectivity index (χ2v) is 10.2. The summed E-state index contributed by atoms with van der Waals surface area (Å²) in [4.78, 5) is 23.4. The molecule has 0 fully saturated rings. The highest BCUT2D eigenvalue weighted by Gasteiger charge is 2.22. The highest BCUT2D eigenvalue weighted by atomic mass is 35.5. The van der Waals surface area contributed by atoms with Crippen LogP contribution in [0.15, 0.2) is 24.3 Å². The fourth-order valence-corrected chi connectivity index (χ4v) is 3.99. The van der Waals surface area contributed by atoms with Gasteiger partial charge in [0, 0.05) is 11.1 Å². The summed E-state index contributed by atoms with van der Waals surface area (Å²) in [5.41, 5.74) is 0.827. The summed E-state index contributed by atoms with van der Waals surface area (Å²) < 4.78 is 11.3. The third-order valence-electron chi connectivity index (χ3n) is 6.48. The first-order valence-corrected chi connectivity index (χ1v) is 13.7. The van der Waals surface area contributed by atoms with E-state index in [1.165, 1.54) is 83.5 Å². The van der Waals surface area contributed by atoms with Crippen molar-refractivity contribution in [2.75, 3.05) is 39.9 Å². The smallest absolute Gasteiger partial charge is 0.333 e. The number of hydrogen-bond acceptors (Lipinski definition) is 4. The first-order valence-electron chi connectivity index (χ1n) is 13.7. The van der Waals surface area contributed by atoms with Crippen LogP contribution in [0.2, 0.25) is 0 Å². The molecule has 6 heteroatoms. The lowest BCUT2D eigenvalue weighted by Crippen LogP contribution is -3.00. The Balaban J connectivity index is 0. The number of halogens is 1. The molecule has 0 aromatic carbocycles. The second-order valence-electron chi connectivity index (χ2n) is 10.2. The van der Waals surface area contributed by atoms with Gasteiger partial charge in [-0.15, -0.1) is 0 Å². The van der Waals surface area contributed by atoms with Gasteiger partial charge in [-0.2, -0.15) is 0 Å². The Bertz CT molecular complexity index is 559. The van der Waals surface area contributed by atoms with E-state index in [9.17, 15) is 9.59 Å². The van der Waals surface area contributed by atoms with Gasteiger partial charge in [0.2, 0.25) is 0 Å². The Morgan fingerprint density at radius 3 is 1.23 bits per heavy atom. The number of esters is 2. The van der Waals surface area contributed by atoms with Crippen molar-refractivity contribution in [1.82, 2.24) is 0 Å². The zero-order chi connectivity index (χ0) is 25.7. The van der Waals surface area contributed by atoms with Crippen LogP contribution in [-0.2, 0) is 19.1 Å². The molecule has 0 aliphatic carbocycles. The molecular formula is C29H54ClNO4. The number of carbonyl (C=O) groups is 2. The molecule has 0 rings (SSSR count). The minimum absolute atomic E-state index is 0. The van der Waals surface area contributed by atoms with E-state index in [0.29, 0.717) is 41.9 Å². The maximum atomic E-state index is 11.7. The van der Waals surface area contributed by atoms with E-state index in [-0.39, 0.29) is 24.3 Å². The van der Waals surface area contributed by atoms with Crippen LogP contribution < -0.4 is 12.4 Å². The van der Waals surface area contributed by atoms with Crippen molar-refractivity contribution in [3.63, 3.8) is 0 Å². The van der Waals surface area contributed by atoms with E-state index in [0.717, 1.165) is 13.0 Å². The first kappa shape index (κ1) is 35.8. The zero-order valence-electron chi connectivity index (χ0n) is 23.3. The Morgan fingerprint density at radius 1 is 0.600 bits per heavy atom. The van der Waals surface area contributed by atoms with Crippen molar-refractivity contribution in [2.24, 2.45) is 0 Å². The Morgan fingerprint density at radius 2 is 0.914 bits per heavy atom. The summed E-state index contributed by atoms with van der Waals surface area (Å²) >= 11 is 0. The summed E-state index contributed by atoms with van der Waals surface area (Å²) in [7, 11) is 2.14. The molecule has 0 N–H and O–H groups in total. The summed E-state index contributed by atoms with van der Waals surface area (Å²) in [6.07, 6.45) is 18.8. The maximum Gasteiger partial charge on any atom is 0.333 e. The number of likely N-dealkylation sites (N-methyl/N-ethyl adjacent to an activating group) is 1. The van der Waals surface area contributed by atoms with Crippen LogP contribution in [0, 0.1) is 0 Å². The maximum absolute atomic E-state index is 11.7. The van der Waals surface area contributed by atoms with Crippen LogP contribution in [-0.4, -0.2) is 56.3 Å². The fraction of sp³-hybridized carbons (Fsp3) is 0.793. The molecular weight excluding hydrogens is 462 g/mol. The highest BCUT2D eigenvalue weighted by Crippen LogP contribution is 2.14. The second kappa shape index (κ2) is 23.1. The van der Waals surface area contributed by atoms with Gasteiger partial charge in [0.25, 0.3) is 0 Å². The SMILES string of the molecule is C=C(C)C(=O)OCC[N+](C)(CCCCCCCCCCCCCCCC)CCOC(=O)C(=C)C.[Cl-]. The third kappa shape index (κ3) is 21.7. The minimum atomic E-state index is -0.350. The number of carbonyl (C=O) groups excluding carboxylic acids is 2. The average Bonchev–Trinajstić information content (AvgIpc) is 2.79. The van der Waals surface area contributed by atoms with Crippen LogP contribution in [0.1, 0.15) is 111 Å². The summed E-state index contributed by atoms with van der Waals surface area (Å²) in [6.45, 7) is 15.9. The summed E-state index contributed by atoms with van der Waals surface area (Å²) in [5, 5.41) is 0. The van der Waals surface area contributed by atoms with E-state index in [4.69, 9.17) is 9.47 Å². The summed E-state index contributed by atoms with van der Waals surface area (Å²) in [5.74, 6) is -0.700. The molecule has 0 atom stereocenters. The van der Waals surface area contributed by atoms with Gasteiger partial charge in [-0.3, -0.25) is 0 Å². The predicted octanol–water partition coefficient (Wildman–Crippen LogP) is 4.16.